The van der Waals surface area contributed by atoms with Crippen molar-refractivity contribution in [2.24, 2.45) is 4.99 Å². The van der Waals surface area contributed by atoms with Crippen LogP contribution < -0.4 is 15.4 Å². The fourth-order valence-electron chi connectivity index (χ4n) is 3.28. The summed E-state index contributed by atoms with van der Waals surface area (Å²) in [7, 11) is 1.56. The van der Waals surface area contributed by atoms with Gasteiger partial charge in [0.15, 0.2) is 17.5 Å². The van der Waals surface area contributed by atoms with Gasteiger partial charge in [-0.25, -0.2) is 0 Å². The third-order valence-electron chi connectivity index (χ3n) is 4.77. The van der Waals surface area contributed by atoms with Gasteiger partial charge in [0.1, 0.15) is 0 Å². The smallest absolute Gasteiger partial charge is 0.191 e. The summed E-state index contributed by atoms with van der Waals surface area (Å²) in [4.78, 5) is 4.62. The first-order chi connectivity index (χ1) is 13.2. The standard InChI is InChI=1S/C21H35N3O3.HI/c1-3-22-21(23-13-7-15-27-18-8-5-4-6-9-18)24-14-12-17-10-11-19(25)20(16-17)26-2;/h10-11,16,18,25H,3-9,12-15H2,1-2H3,(H2,22,23,24);1H. The van der Waals surface area contributed by atoms with Crippen molar-refractivity contribution >= 4 is 29.9 Å². The number of aliphatic imine (C=N–C) groups is 1. The van der Waals surface area contributed by atoms with Crippen molar-refractivity contribution in [1.29, 1.82) is 0 Å². The van der Waals surface area contributed by atoms with Gasteiger partial charge in [-0.1, -0.05) is 25.3 Å². The van der Waals surface area contributed by atoms with Crippen LogP contribution in [-0.4, -0.2) is 50.5 Å². The zero-order chi connectivity index (χ0) is 19.3. The zero-order valence-corrected chi connectivity index (χ0v) is 19.5. The van der Waals surface area contributed by atoms with Crippen LogP contribution in [0.3, 0.4) is 0 Å². The normalized spacial score (nSPS) is 15.0. The van der Waals surface area contributed by atoms with Crippen LogP contribution >= 0.6 is 24.0 Å². The Balaban J connectivity index is 0.00000392. The quantitative estimate of drug-likeness (QED) is 0.195. The average Bonchev–Trinajstić information content (AvgIpc) is 2.69. The Hall–Kier alpha value is -1.22. The van der Waals surface area contributed by atoms with E-state index in [2.05, 4.69) is 22.5 Å². The van der Waals surface area contributed by atoms with Crippen molar-refractivity contribution < 1.29 is 14.6 Å². The van der Waals surface area contributed by atoms with Crippen molar-refractivity contribution in [2.75, 3.05) is 33.4 Å². The molecule has 0 aromatic heterocycles. The minimum atomic E-state index is 0. The Morgan fingerprint density at radius 3 is 2.71 bits per heavy atom. The van der Waals surface area contributed by atoms with Crippen LogP contribution in [0.4, 0.5) is 0 Å². The van der Waals surface area contributed by atoms with E-state index in [1.165, 1.54) is 32.1 Å². The highest BCUT2D eigenvalue weighted by Crippen LogP contribution is 2.26. The number of rotatable bonds is 10. The third kappa shape index (κ3) is 9.32. The van der Waals surface area contributed by atoms with Crippen LogP contribution in [0.2, 0.25) is 0 Å². The lowest BCUT2D eigenvalue weighted by molar-refractivity contribution is 0.0281. The van der Waals surface area contributed by atoms with E-state index in [0.717, 1.165) is 50.6 Å². The number of phenolic OH excluding ortho intramolecular Hbond substituents is 1. The molecule has 6 nitrogen and oxygen atoms in total. The second-order valence-corrected chi connectivity index (χ2v) is 6.93. The average molecular weight is 505 g/mol. The predicted molar refractivity (Wildman–Crippen MR) is 125 cm³/mol. The molecule has 1 aliphatic rings. The SMILES string of the molecule is CCNC(=NCCCOC1CCCCC1)NCCc1ccc(O)c(OC)c1.I. The van der Waals surface area contributed by atoms with E-state index in [0.29, 0.717) is 11.9 Å². The van der Waals surface area contributed by atoms with Crippen molar-refractivity contribution in [3.05, 3.63) is 23.8 Å². The topological polar surface area (TPSA) is 75.1 Å². The Morgan fingerprint density at radius 2 is 2.00 bits per heavy atom. The number of phenols is 1. The molecule has 1 aromatic carbocycles. The number of hydrogen-bond donors (Lipinski definition) is 3. The fraction of sp³-hybridized carbons (Fsp3) is 0.667. The summed E-state index contributed by atoms with van der Waals surface area (Å²) >= 11 is 0. The molecule has 160 valence electrons. The molecule has 7 heteroatoms. The lowest BCUT2D eigenvalue weighted by Gasteiger charge is -2.21. The first-order valence-electron chi connectivity index (χ1n) is 10.2. The molecule has 28 heavy (non-hydrogen) atoms. The lowest BCUT2D eigenvalue weighted by Crippen LogP contribution is -2.38. The summed E-state index contributed by atoms with van der Waals surface area (Å²) in [6, 6.07) is 5.44. The van der Waals surface area contributed by atoms with Gasteiger partial charge in [-0.05, 0) is 50.3 Å². The summed E-state index contributed by atoms with van der Waals surface area (Å²) in [6.07, 6.45) is 8.66. The number of ether oxygens (including phenoxy) is 2. The van der Waals surface area contributed by atoms with E-state index < -0.39 is 0 Å². The van der Waals surface area contributed by atoms with E-state index in [1.807, 2.05) is 12.1 Å². The number of nitrogens with zero attached hydrogens (tertiary/aromatic N) is 1. The van der Waals surface area contributed by atoms with Crippen molar-refractivity contribution in [3.63, 3.8) is 0 Å². The summed E-state index contributed by atoms with van der Waals surface area (Å²) < 4.78 is 11.1. The number of aromatic hydroxyl groups is 1. The predicted octanol–water partition coefficient (Wildman–Crippen LogP) is 3.86. The lowest BCUT2D eigenvalue weighted by atomic mass is 9.98. The second kappa shape index (κ2) is 14.7. The van der Waals surface area contributed by atoms with Crippen LogP contribution in [0, 0.1) is 0 Å². The summed E-state index contributed by atoms with van der Waals surface area (Å²) in [6.45, 7) is 5.21. The zero-order valence-electron chi connectivity index (χ0n) is 17.2. The molecule has 0 bridgehead atoms. The Morgan fingerprint density at radius 1 is 1.21 bits per heavy atom. The maximum atomic E-state index is 9.66. The van der Waals surface area contributed by atoms with Gasteiger partial charge in [0.05, 0.1) is 13.2 Å². The number of methoxy groups -OCH3 is 1. The summed E-state index contributed by atoms with van der Waals surface area (Å²) in [5.41, 5.74) is 1.11. The summed E-state index contributed by atoms with van der Waals surface area (Å²) in [5, 5.41) is 16.3. The van der Waals surface area contributed by atoms with Gasteiger partial charge >= 0.3 is 0 Å². The maximum absolute atomic E-state index is 9.66. The molecule has 1 fully saturated rings. The Labute approximate surface area is 186 Å². The monoisotopic (exact) mass is 505 g/mol. The van der Waals surface area contributed by atoms with Crippen LogP contribution in [0.1, 0.15) is 51.0 Å². The largest absolute Gasteiger partial charge is 0.504 e. The third-order valence-corrected chi connectivity index (χ3v) is 4.77. The fourth-order valence-corrected chi connectivity index (χ4v) is 3.28. The highest BCUT2D eigenvalue weighted by molar-refractivity contribution is 14.0. The van der Waals surface area contributed by atoms with Gasteiger partial charge in [0.2, 0.25) is 0 Å². The van der Waals surface area contributed by atoms with Gasteiger partial charge in [-0.2, -0.15) is 0 Å². The maximum Gasteiger partial charge on any atom is 0.191 e. The molecule has 3 N–H and O–H groups in total. The minimum absolute atomic E-state index is 0. The van der Waals surface area contributed by atoms with Gasteiger partial charge in [-0.15, -0.1) is 24.0 Å². The van der Waals surface area contributed by atoms with E-state index in [-0.39, 0.29) is 29.7 Å². The van der Waals surface area contributed by atoms with Crippen molar-refractivity contribution in [1.82, 2.24) is 10.6 Å². The first-order valence-corrected chi connectivity index (χ1v) is 10.2. The van der Waals surface area contributed by atoms with Crippen molar-refractivity contribution in [3.8, 4) is 11.5 Å². The van der Waals surface area contributed by atoms with Gasteiger partial charge in [0, 0.05) is 26.2 Å². The van der Waals surface area contributed by atoms with Gasteiger partial charge < -0.3 is 25.2 Å². The molecule has 1 saturated carbocycles. The van der Waals surface area contributed by atoms with E-state index in [9.17, 15) is 5.11 Å². The second-order valence-electron chi connectivity index (χ2n) is 6.93. The number of benzene rings is 1. The molecule has 0 aliphatic heterocycles. The van der Waals surface area contributed by atoms with Crippen LogP contribution in [0.15, 0.2) is 23.2 Å². The molecule has 1 aliphatic carbocycles. The van der Waals surface area contributed by atoms with Gasteiger partial charge in [0.25, 0.3) is 0 Å². The van der Waals surface area contributed by atoms with Crippen LogP contribution in [0.25, 0.3) is 0 Å². The first kappa shape index (κ1) is 24.8. The molecule has 0 atom stereocenters. The van der Waals surface area contributed by atoms with E-state index >= 15 is 0 Å². The number of halogens is 1. The number of hydrogen-bond acceptors (Lipinski definition) is 4. The highest BCUT2D eigenvalue weighted by atomic mass is 127. The molecular formula is C21H36IN3O3. The molecule has 1 aromatic rings. The van der Waals surface area contributed by atoms with E-state index in [4.69, 9.17) is 9.47 Å². The molecule has 0 amide bonds. The van der Waals surface area contributed by atoms with Crippen LogP contribution in [-0.2, 0) is 11.2 Å². The number of guanidine groups is 1. The molecule has 0 saturated heterocycles. The van der Waals surface area contributed by atoms with Crippen molar-refractivity contribution in [2.45, 2.75) is 58.0 Å². The Kier molecular flexibility index (Phi) is 13.1. The summed E-state index contributed by atoms with van der Waals surface area (Å²) in [5.74, 6) is 1.51. The van der Waals surface area contributed by atoms with Gasteiger partial charge in [-0.3, -0.25) is 4.99 Å². The Bertz CT molecular complexity index is 578. The van der Waals surface area contributed by atoms with Crippen LogP contribution in [0.5, 0.6) is 11.5 Å². The molecule has 0 unspecified atom stereocenters. The van der Waals surface area contributed by atoms with E-state index in [1.54, 1.807) is 13.2 Å². The minimum Gasteiger partial charge on any atom is -0.504 e. The molecular weight excluding hydrogens is 469 g/mol. The molecule has 0 spiro atoms. The molecule has 0 heterocycles. The highest BCUT2D eigenvalue weighted by Gasteiger charge is 2.12. The molecule has 2 rings (SSSR count). The number of nitrogens with one attached hydrogen (secondary N) is 2. The molecule has 0 radical (unpaired) electrons.